The van der Waals surface area contributed by atoms with E-state index in [9.17, 15) is 14.3 Å². The van der Waals surface area contributed by atoms with Gasteiger partial charge < -0.3 is 5.11 Å². The van der Waals surface area contributed by atoms with E-state index in [1.165, 1.54) is 43.5 Å². The van der Waals surface area contributed by atoms with E-state index in [1.807, 2.05) is 0 Å². The van der Waals surface area contributed by atoms with Gasteiger partial charge in [0.15, 0.2) is 5.78 Å². The Labute approximate surface area is 119 Å². The number of aliphatic hydroxyl groups is 1. The van der Waals surface area contributed by atoms with E-state index in [2.05, 4.69) is 4.90 Å². The van der Waals surface area contributed by atoms with Crippen molar-refractivity contribution in [1.82, 2.24) is 4.90 Å². The van der Waals surface area contributed by atoms with Crippen molar-refractivity contribution >= 4 is 5.78 Å². The minimum absolute atomic E-state index is 0.0102. The molecular formula is C16H22FNO2. The number of carbonyl (C=O) groups is 1. The molecule has 0 radical (unpaired) electrons. The highest BCUT2D eigenvalue weighted by Crippen LogP contribution is 2.22. The van der Waals surface area contributed by atoms with E-state index >= 15 is 0 Å². The first-order valence-corrected chi connectivity index (χ1v) is 7.34. The second kappa shape index (κ2) is 7.50. The summed E-state index contributed by atoms with van der Waals surface area (Å²) >= 11 is 0. The highest BCUT2D eigenvalue weighted by atomic mass is 19.1. The lowest BCUT2D eigenvalue weighted by Crippen LogP contribution is -2.41. The molecular weight excluding hydrogens is 257 g/mol. The molecule has 4 heteroatoms. The lowest BCUT2D eigenvalue weighted by atomic mass is 9.94. The molecule has 2 rings (SSSR count). The molecule has 1 aliphatic carbocycles. The molecule has 1 aliphatic rings. The highest BCUT2D eigenvalue weighted by molar-refractivity contribution is 5.97. The molecule has 0 amide bonds. The van der Waals surface area contributed by atoms with Gasteiger partial charge in [-0.25, -0.2) is 4.39 Å². The Hall–Kier alpha value is -1.26. The maximum atomic E-state index is 12.9. The summed E-state index contributed by atoms with van der Waals surface area (Å²) in [7, 11) is 0. The number of halogens is 1. The van der Waals surface area contributed by atoms with Crippen molar-refractivity contribution in [3.05, 3.63) is 35.6 Å². The summed E-state index contributed by atoms with van der Waals surface area (Å²) in [6, 6.07) is 6.06. The average molecular weight is 279 g/mol. The second-order valence-corrected chi connectivity index (χ2v) is 5.42. The maximum Gasteiger partial charge on any atom is 0.176 e. The van der Waals surface area contributed by atoms with Crippen LogP contribution in [0.4, 0.5) is 4.39 Å². The summed E-state index contributed by atoms with van der Waals surface area (Å²) in [5, 5.41) is 9.18. The molecule has 1 aromatic carbocycles. The number of benzene rings is 1. The Morgan fingerprint density at radius 1 is 1.20 bits per heavy atom. The van der Waals surface area contributed by atoms with E-state index in [1.54, 1.807) is 0 Å². The van der Waals surface area contributed by atoms with E-state index in [4.69, 9.17) is 0 Å². The van der Waals surface area contributed by atoms with E-state index in [0.29, 0.717) is 24.7 Å². The van der Waals surface area contributed by atoms with Gasteiger partial charge in [-0.2, -0.15) is 0 Å². The number of carbonyl (C=O) groups excluding carboxylic acids is 1. The van der Waals surface area contributed by atoms with Gasteiger partial charge in [0.2, 0.25) is 0 Å². The van der Waals surface area contributed by atoms with Gasteiger partial charge in [-0.3, -0.25) is 9.69 Å². The predicted molar refractivity (Wildman–Crippen MR) is 76.3 cm³/mol. The van der Waals surface area contributed by atoms with Crippen LogP contribution in [0.5, 0.6) is 0 Å². The topological polar surface area (TPSA) is 40.5 Å². The van der Waals surface area contributed by atoms with E-state index in [-0.39, 0.29) is 18.2 Å². The molecule has 110 valence electrons. The number of nitrogens with zero attached hydrogens (tertiary/aromatic N) is 1. The molecule has 0 bridgehead atoms. The Morgan fingerprint density at radius 2 is 1.85 bits per heavy atom. The zero-order chi connectivity index (χ0) is 14.4. The van der Waals surface area contributed by atoms with Gasteiger partial charge in [0.1, 0.15) is 5.82 Å². The number of rotatable bonds is 6. The Morgan fingerprint density at radius 3 is 2.45 bits per heavy atom. The Kier molecular flexibility index (Phi) is 5.68. The van der Waals surface area contributed by atoms with Crippen LogP contribution in [0.3, 0.4) is 0 Å². The molecule has 0 atom stereocenters. The van der Waals surface area contributed by atoms with Crippen LogP contribution in [0.1, 0.15) is 42.5 Å². The molecule has 1 fully saturated rings. The van der Waals surface area contributed by atoms with Crippen LogP contribution in [0.25, 0.3) is 0 Å². The summed E-state index contributed by atoms with van der Waals surface area (Å²) in [4.78, 5) is 14.3. The first-order valence-electron chi connectivity index (χ1n) is 7.34. The van der Waals surface area contributed by atoms with Crippen molar-refractivity contribution in [3.63, 3.8) is 0 Å². The van der Waals surface area contributed by atoms with Crippen molar-refractivity contribution in [2.24, 2.45) is 0 Å². The number of hydrogen-bond acceptors (Lipinski definition) is 3. The Bertz CT molecular complexity index is 427. The molecule has 0 unspecified atom stereocenters. The van der Waals surface area contributed by atoms with Crippen molar-refractivity contribution in [2.75, 3.05) is 19.7 Å². The summed E-state index contributed by atoms with van der Waals surface area (Å²) in [5.41, 5.74) is 0.533. The third-order valence-electron chi connectivity index (χ3n) is 3.99. The number of Topliss-reactive ketones (excluding diaryl/α,β-unsaturated/α-hetero) is 1. The Balaban J connectivity index is 1.99. The fourth-order valence-electron chi connectivity index (χ4n) is 2.88. The van der Waals surface area contributed by atoms with Gasteiger partial charge >= 0.3 is 0 Å². The lowest BCUT2D eigenvalue weighted by Gasteiger charge is -2.33. The third kappa shape index (κ3) is 4.12. The van der Waals surface area contributed by atoms with Gasteiger partial charge in [0.25, 0.3) is 0 Å². The standard InChI is InChI=1S/C16H22FNO2/c17-14-8-6-13(7-9-14)16(20)12-18(10-11-19)15-4-2-1-3-5-15/h6-9,15,19H,1-5,10-12H2. The zero-order valence-electron chi connectivity index (χ0n) is 11.7. The second-order valence-electron chi connectivity index (χ2n) is 5.42. The van der Waals surface area contributed by atoms with Crippen molar-refractivity contribution < 1.29 is 14.3 Å². The highest BCUT2D eigenvalue weighted by Gasteiger charge is 2.23. The van der Waals surface area contributed by atoms with Gasteiger partial charge in [0, 0.05) is 18.2 Å². The van der Waals surface area contributed by atoms with Crippen LogP contribution in [0.2, 0.25) is 0 Å². The fourth-order valence-corrected chi connectivity index (χ4v) is 2.88. The third-order valence-corrected chi connectivity index (χ3v) is 3.99. The van der Waals surface area contributed by atoms with Crippen LogP contribution in [-0.4, -0.2) is 41.5 Å². The summed E-state index contributed by atoms with van der Waals surface area (Å²) in [6.45, 7) is 0.891. The smallest absolute Gasteiger partial charge is 0.176 e. The fraction of sp³-hybridized carbons (Fsp3) is 0.562. The van der Waals surface area contributed by atoms with Gasteiger partial charge in [-0.15, -0.1) is 0 Å². The number of aliphatic hydroxyl groups excluding tert-OH is 1. The first-order chi connectivity index (χ1) is 9.70. The molecule has 0 spiro atoms. The molecule has 1 aromatic rings. The molecule has 0 aromatic heterocycles. The lowest BCUT2D eigenvalue weighted by molar-refractivity contribution is 0.0814. The van der Waals surface area contributed by atoms with Crippen LogP contribution < -0.4 is 0 Å². The molecule has 20 heavy (non-hydrogen) atoms. The molecule has 1 saturated carbocycles. The summed E-state index contributed by atoms with van der Waals surface area (Å²) in [5.74, 6) is -0.343. The van der Waals surface area contributed by atoms with Gasteiger partial charge in [-0.05, 0) is 37.1 Å². The van der Waals surface area contributed by atoms with E-state index in [0.717, 1.165) is 12.8 Å². The largest absolute Gasteiger partial charge is 0.395 e. The zero-order valence-corrected chi connectivity index (χ0v) is 11.7. The number of hydrogen-bond donors (Lipinski definition) is 1. The first kappa shape index (κ1) is 15.1. The van der Waals surface area contributed by atoms with Crippen molar-refractivity contribution in [2.45, 2.75) is 38.1 Å². The quantitative estimate of drug-likeness (QED) is 0.814. The summed E-state index contributed by atoms with van der Waals surface area (Å²) in [6.07, 6.45) is 5.83. The monoisotopic (exact) mass is 279 g/mol. The van der Waals surface area contributed by atoms with Gasteiger partial charge in [0.05, 0.1) is 13.2 Å². The van der Waals surface area contributed by atoms with Crippen LogP contribution in [0.15, 0.2) is 24.3 Å². The normalized spacial score (nSPS) is 16.6. The SMILES string of the molecule is O=C(CN(CCO)C1CCCCC1)c1ccc(F)cc1. The van der Waals surface area contributed by atoms with Crippen molar-refractivity contribution in [3.8, 4) is 0 Å². The van der Waals surface area contributed by atoms with E-state index < -0.39 is 0 Å². The minimum Gasteiger partial charge on any atom is -0.395 e. The number of ketones is 1. The predicted octanol–water partition coefficient (Wildman–Crippen LogP) is 2.64. The molecule has 0 aliphatic heterocycles. The van der Waals surface area contributed by atoms with Crippen LogP contribution in [-0.2, 0) is 0 Å². The van der Waals surface area contributed by atoms with Crippen LogP contribution >= 0.6 is 0 Å². The van der Waals surface area contributed by atoms with Gasteiger partial charge in [-0.1, -0.05) is 19.3 Å². The maximum absolute atomic E-state index is 12.9. The minimum atomic E-state index is -0.332. The molecule has 0 heterocycles. The molecule has 3 nitrogen and oxygen atoms in total. The van der Waals surface area contributed by atoms with Crippen molar-refractivity contribution in [1.29, 1.82) is 0 Å². The molecule has 0 saturated heterocycles. The molecule has 1 N–H and O–H groups in total. The summed E-state index contributed by atoms with van der Waals surface area (Å²) < 4.78 is 12.9. The van der Waals surface area contributed by atoms with Crippen LogP contribution in [0, 0.1) is 5.82 Å². The average Bonchev–Trinajstić information content (AvgIpc) is 2.48.